The number of nitrogens with two attached hydrogens (primary N) is 1. The summed E-state index contributed by atoms with van der Waals surface area (Å²) in [5.41, 5.74) is 10.7. The molecular formula is C16H20N2O. The minimum atomic E-state index is -0.169. The van der Waals surface area contributed by atoms with Gasteiger partial charge in [0, 0.05) is 24.3 Å². The smallest absolute Gasteiger partial charge is 0.250 e. The van der Waals surface area contributed by atoms with Gasteiger partial charge in [-0.05, 0) is 32.4 Å². The second-order valence-corrected chi connectivity index (χ2v) is 5.14. The van der Waals surface area contributed by atoms with Crippen molar-refractivity contribution in [1.82, 2.24) is 4.57 Å². The van der Waals surface area contributed by atoms with Gasteiger partial charge in [-0.1, -0.05) is 35.4 Å². The van der Waals surface area contributed by atoms with Crippen molar-refractivity contribution >= 4 is 0 Å². The Labute approximate surface area is 113 Å². The summed E-state index contributed by atoms with van der Waals surface area (Å²) in [5.74, 6) is 0. The molecule has 3 heteroatoms. The van der Waals surface area contributed by atoms with Crippen molar-refractivity contribution in [3.8, 4) is 0 Å². The number of pyridine rings is 1. The molecule has 1 atom stereocenters. The monoisotopic (exact) mass is 256 g/mol. The Balaban J connectivity index is 2.30. The summed E-state index contributed by atoms with van der Waals surface area (Å²) in [4.78, 5) is 11.8. The van der Waals surface area contributed by atoms with Crippen LogP contribution in [-0.4, -0.2) is 4.57 Å². The Morgan fingerprint density at radius 2 is 1.74 bits per heavy atom. The number of benzene rings is 1. The SMILES string of the molecule is Cc1cc(C)cc(C(N)Cn2c(C)cccc2=O)c1. The van der Waals surface area contributed by atoms with Crippen LogP contribution in [0.3, 0.4) is 0 Å². The second kappa shape index (κ2) is 5.41. The highest BCUT2D eigenvalue weighted by molar-refractivity contribution is 5.30. The molecular weight excluding hydrogens is 236 g/mol. The van der Waals surface area contributed by atoms with Gasteiger partial charge in [0.2, 0.25) is 0 Å². The van der Waals surface area contributed by atoms with E-state index in [4.69, 9.17) is 5.73 Å². The first-order valence-corrected chi connectivity index (χ1v) is 6.47. The van der Waals surface area contributed by atoms with E-state index in [1.807, 2.05) is 13.0 Å². The summed E-state index contributed by atoms with van der Waals surface area (Å²) in [6, 6.07) is 11.4. The van der Waals surface area contributed by atoms with Gasteiger partial charge in [-0.3, -0.25) is 4.79 Å². The van der Waals surface area contributed by atoms with E-state index in [1.165, 1.54) is 11.1 Å². The maximum absolute atomic E-state index is 11.8. The standard InChI is InChI=1S/C16H20N2O/c1-11-7-12(2)9-14(8-11)15(17)10-18-13(3)5-4-6-16(18)19/h4-9,15H,10,17H2,1-3H3. The van der Waals surface area contributed by atoms with Crippen LogP contribution in [0.15, 0.2) is 41.2 Å². The van der Waals surface area contributed by atoms with Crippen LogP contribution in [0.25, 0.3) is 0 Å². The summed E-state index contributed by atoms with van der Waals surface area (Å²) in [6.45, 7) is 6.55. The molecule has 0 aliphatic rings. The molecule has 3 nitrogen and oxygen atoms in total. The molecule has 2 aromatic rings. The Kier molecular flexibility index (Phi) is 3.86. The number of hydrogen-bond donors (Lipinski definition) is 1. The first-order valence-electron chi connectivity index (χ1n) is 6.47. The van der Waals surface area contributed by atoms with E-state index in [2.05, 4.69) is 32.0 Å². The van der Waals surface area contributed by atoms with E-state index in [1.54, 1.807) is 16.7 Å². The predicted octanol–water partition coefficient (Wildman–Crippen LogP) is 2.47. The van der Waals surface area contributed by atoms with Gasteiger partial charge in [0.1, 0.15) is 0 Å². The molecule has 0 saturated heterocycles. The zero-order valence-corrected chi connectivity index (χ0v) is 11.7. The number of aryl methyl sites for hydroxylation is 3. The molecule has 100 valence electrons. The molecule has 1 aromatic heterocycles. The lowest BCUT2D eigenvalue weighted by molar-refractivity contribution is 0.550. The lowest BCUT2D eigenvalue weighted by Crippen LogP contribution is -2.27. The number of aromatic nitrogens is 1. The van der Waals surface area contributed by atoms with Crippen molar-refractivity contribution in [2.45, 2.75) is 33.4 Å². The van der Waals surface area contributed by atoms with Gasteiger partial charge in [0.05, 0.1) is 0 Å². The zero-order valence-electron chi connectivity index (χ0n) is 11.7. The number of nitrogens with zero attached hydrogens (tertiary/aromatic N) is 1. The van der Waals surface area contributed by atoms with E-state index < -0.39 is 0 Å². The van der Waals surface area contributed by atoms with E-state index in [-0.39, 0.29) is 11.6 Å². The molecule has 0 aliphatic heterocycles. The third-order valence-electron chi connectivity index (χ3n) is 3.32. The van der Waals surface area contributed by atoms with Crippen molar-refractivity contribution in [3.05, 3.63) is 69.1 Å². The summed E-state index contributed by atoms with van der Waals surface area (Å²) in [6.07, 6.45) is 0. The van der Waals surface area contributed by atoms with Crippen LogP contribution in [0.4, 0.5) is 0 Å². The number of hydrogen-bond acceptors (Lipinski definition) is 2. The highest BCUT2D eigenvalue weighted by Crippen LogP contribution is 2.16. The molecule has 0 bridgehead atoms. The summed E-state index contributed by atoms with van der Waals surface area (Å²) in [5, 5.41) is 0. The number of rotatable bonds is 3. The maximum atomic E-state index is 11.8. The molecule has 2 N–H and O–H groups in total. The van der Waals surface area contributed by atoms with E-state index in [0.717, 1.165) is 11.3 Å². The topological polar surface area (TPSA) is 48.0 Å². The molecule has 0 fully saturated rings. The fourth-order valence-electron chi connectivity index (χ4n) is 2.38. The Hall–Kier alpha value is -1.87. The Morgan fingerprint density at radius 1 is 1.11 bits per heavy atom. The van der Waals surface area contributed by atoms with E-state index >= 15 is 0 Å². The van der Waals surface area contributed by atoms with E-state index in [0.29, 0.717) is 6.54 Å². The molecule has 19 heavy (non-hydrogen) atoms. The van der Waals surface area contributed by atoms with Gasteiger partial charge in [-0.15, -0.1) is 0 Å². The first-order chi connectivity index (χ1) is 8.97. The first kappa shape index (κ1) is 13.6. The minimum Gasteiger partial charge on any atom is -0.322 e. The summed E-state index contributed by atoms with van der Waals surface area (Å²) < 4.78 is 1.72. The largest absolute Gasteiger partial charge is 0.322 e. The third kappa shape index (κ3) is 3.12. The molecule has 0 aliphatic carbocycles. The summed E-state index contributed by atoms with van der Waals surface area (Å²) in [7, 11) is 0. The Morgan fingerprint density at radius 3 is 2.32 bits per heavy atom. The molecule has 1 heterocycles. The van der Waals surface area contributed by atoms with Gasteiger partial charge in [0.25, 0.3) is 5.56 Å². The highest BCUT2D eigenvalue weighted by Gasteiger charge is 2.10. The van der Waals surface area contributed by atoms with Crippen LogP contribution in [-0.2, 0) is 6.54 Å². The van der Waals surface area contributed by atoms with Gasteiger partial charge < -0.3 is 10.3 Å². The van der Waals surface area contributed by atoms with Gasteiger partial charge in [-0.2, -0.15) is 0 Å². The van der Waals surface area contributed by atoms with Crippen LogP contribution in [0.5, 0.6) is 0 Å². The average Bonchev–Trinajstić information content (AvgIpc) is 2.32. The van der Waals surface area contributed by atoms with E-state index in [9.17, 15) is 4.79 Å². The van der Waals surface area contributed by atoms with Crippen LogP contribution >= 0.6 is 0 Å². The van der Waals surface area contributed by atoms with Crippen molar-refractivity contribution in [2.75, 3.05) is 0 Å². The van der Waals surface area contributed by atoms with Gasteiger partial charge in [0.15, 0.2) is 0 Å². The molecule has 0 amide bonds. The second-order valence-electron chi connectivity index (χ2n) is 5.14. The zero-order chi connectivity index (χ0) is 14.0. The van der Waals surface area contributed by atoms with Crippen molar-refractivity contribution in [1.29, 1.82) is 0 Å². The quantitative estimate of drug-likeness (QED) is 0.917. The third-order valence-corrected chi connectivity index (χ3v) is 3.32. The van der Waals surface area contributed by atoms with Crippen LogP contribution in [0.2, 0.25) is 0 Å². The van der Waals surface area contributed by atoms with Crippen molar-refractivity contribution in [3.63, 3.8) is 0 Å². The predicted molar refractivity (Wildman–Crippen MR) is 78.3 cm³/mol. The lowest BCUT2D eigenvalue weighted by Gasteiger charge is -2.17. The minimum absolute atomic E-state index is 0.000162. The molecule has 0 spiro atoms. The molecule has 1 unspecified atom stereocenters. The van der Waals surface area contributed by atoms with Gasteiger partial charge >= 0.3 is 0 Å². The van der Waals surface area contributed by atoms with Crippen LogP contribution in [0.1, 0.15) is 28.4 Å². The van der Waals surface area contributed by atoms with Crippen molar-refractivity contribution < 1.29 is 0 Å². The van der Waals surface area contributed by atoms with Crippen molar-refractivity contribution in [2.24, 2.45) is 5.73 Å². The molecule has 0 radical (unpaired) electrons. The fourth-order valence-corrected chi connectivity index (χ4v) is 2.38. The molecule has 2 rings (SSSR count). The fraction of sp³-hybridized carbons (Fsp3) is 0.312. The van der Waals surface area contributed by atoms with Crippen LogP contribution in [0, 0.1) is 20.8 Å². The summed E-state index contributed by atoms with van der Waals surface area (Å²) >= 11 is 0. The molecule has 0 saturated carbocycles. The highest BCUT2D eigenvalue weighted by atomic mass is 16.1. The average molecular weight is 256 g/mol. The maximum Gasteiger partial charge on any atom is 0.250 e. The molecule has 1 aromatic carbocycles. The normalized spacial score (nSPS) is 12.4. The van der Waals surface area contributed by atoms with Crippen LogP contribution < -0.4 is 11.3 Å². The lowest BCUT2D eigenvalue weighted by atomic mass is 10.0. The Bertz CT molecular complexity index is 623. The van der Waals surface area contributed by atoms with Gasteiger partial charge in [-0.25, -0.2) is 0 Å².